The van der Waals surface area contributed by atoms with Crippen LogP contribution in [0.4, 0.5) is 4.79 Å². The summed E-state index contributed by atoms with van der Waals surface area (Å²) in [4.78, 5) is 25.6. The zero-order valence-corrected chi connectivity index (χ0v) is 12.7. The van der Waals surface area contributed by atoms with Gasteiger partial charge >= 0.3 is 12.0 Å². The largest absolute Gasteiger partial charge is 0.479 e. The molecule has 1 saturated heterocycles. The Morgan fingerprint density at radius 1 is 1.29 bits per heavy atom. The van der Waals surface area contributed by atoms with Gasteiger partial charge in [0.15, 0.2) is 5.54 Å². The highest BCUT2D eigenvalue weighted by molar-refractivity contribution is 5.87. The first-order chi connectivity index (χ1) is 9.86. The van der Waals surface area contributed by atoms with Crippen LogP contribution in [0.5, 0.6) is 0 Å². The molecule has 1 aromatic rings. The Bertz CT molecular complexity index is 552. The maximum absolute atomic E-state index is 12.2. The predicted octanol–water partition coefficient (Wildman–Crippen LogP) is 2.53. The van der Waals surface area contributed by atoms with Gasteiger partial charge in [-0.25, -0.2) is 9.59 Å². The smallest absolute Gasteiger partial charge is 0.333 e. The molecular formula is C16H22N2O3. The second kappa shape index (κ2) is 5.76. The third kappa shape index (κ3) is 2.86. The molecule has 0 aromatic heterocycles. The fourth-order valence-electron chi connectivity index (χ4n) is 2.50. The van der Waals surface area contributed by atoms with E-state index in [1.165, 1.54) is 0 Å². The number of carbonyl (C=O) groups is 2. The number of carbonyl (C=O) groups excluding carboxylic acids is 1. The van der Waals surface area contributed by atoms with Crippen LogP contribution in [0.25, 0.3) is 0 Å². The normalized spacial score (nSPS) is 17.0. The van der Waals surface area contributed by atoms with Crippen LogP contribution in [-0.2, 0) is 10.3 Å². The SMILES string of the molecule is CC(C)c1ccccc1C(C)(NC(=O)N1CCC1)C(=O)O. The average molecular weight is 290 g/mol. The van der Waals surface area contributed by atoms with E-state index in [2.05, 4.69) is 5.32 Å². The summed E-state index contributed by atoms with van der Waals surface area (Å²) in [5.41, 5.74) is 0.153. The molecule has 0 bridgehead atoms. The summed E-state index contributed by atoms with van der Waals surface area (Å²) in [6, 6.07) is 7.07. The number of benzene rings is 1. The zero-order valence-electron chi connectivity index (χ0n) is 12.7. The highest BCUT2D eigenvalue weighted by Gasteiger charge is 2.40. The zero-order chi connectivity index (χ0) is 15.6. The van der Waals surface area contributed by atoms with Gasteiger partial charge in [-0.1, -0.05) is 38.1 Å². The van der Waals surface area contributed by atoms with Crippen LogP contribution in [0.1, 0.15) is 44.2 Å². The van der Waals surface area contributed by atoms with E-state index in [-0.39, 0.29) is 11.9 Å². The number of rotatable bonds is 4. The molecule has 1 heterocycles. The second-order valence-corrected chi connectivity index (χ2v) is 5.94. The summed E-state index contributed by atoms with van der Waals surface area (Å²) in [7, 11) is 0. The van der Waals surface area contributed by atoms with Gasteiger partial charge in [0.2, 0.25) is 0 Å². The van der Waals surface area contributed by atoms with E-state index in [9.17, 15) is 14.7 Å². The summed E-state index contributed by atoms with van der Waals surface area (Å²) in [5.74, 6) is -0.870. The summed E-state index contributed by atoms with van der Waals surface area (Å²) in [5, 5.41) is 12.4. The Labute approximate surface area is 125 Å². The molecule has 1 unspecified atom stereocenters. The van der Waals surface area contributed by atoms with Crippen LogP contribution in [0.15, 0.2) is 24.3 Å². The third-order valence-corrected chi connectivity index (χ3v) is 4.05. The van der Waals surface area contributed by atoms with Crippen LogP contribution in [-0.4, -0.2) is 35.1 Å². The molecule has 21 heavy (non-hydrogen) atoms. The molecule has 2 rings (SSSR count). The Hall–Kier alpha value is -2.04. The lowest BCUT2D eigenvalue weighted by molar-refractivity contribution is -0.144. The average Bonchev–Trinajstić information content (AvgIpc) is 2.36. The molecule has 1 aliphatic rings. The van der Waals surface area contributed by atoms with E-state index < -0.39 is 11.5 Å². The first-order valence-corrected chi connectivity index (χ1v) is 7.26. The van der Waals surface area contributed by atoms with Crippen LogP contribution >= 0.6 is 0 Å². The van der Waals surface area contributed by atoms with Crippen molar-refractivity contribution in [1.29, 1.82) is 0 Å². The van der Waals surface area contributed by atoms with Gasteiger partial charge in [-0.15, -0.1) is 0 Å². The number of nitrogens with zero attached hydrogens (tertiary/aromatic N) is 1. The molecule has 1 atom stereocenters. The molecule has 0 radical (unpaired) electrons. The highest BCUT2D eigenvalue weighted by atomic mass is 16.4. The number of carboxylic acid groups (broad SMARTS) is 1. The molecule has 2 N–H and O–H groups in total. The van der Waals surface area contributed by atoms with Crippen molar-refractivity contribution in [2.75, 3.05) is 13.1 Å². The summed E-state index contributed by atoms with van der Waals surface area (Å²) < 4.78 is 0. The lowest BCUT2D eigenvalue weighted by Crippen LogP contribution is -2.57. The quantitative estimate of drug-likeness (QED) is 0.895. The van der Waals surface area contributed by atoms with E-state index in [4.69, 9.17) is 0 Å². The van der Waals surface area contributed by atoms with Crippen molar-refractivity contribution in [1.82, 2.24) is 10.2 Å². The Morgan fingerprint density at radius 3 is 2.38 bits per heavy atom. The molecule has 114 valence electrons. The molecule has 0 spiro atoms. The number of carboxylic acids is 1. The number of hydrogen-bond acceptors (Lipinski definition) is 2. The lowest BCUT2D eigenvalue weighted by Gasteiger charge is -2.36. The number of amides is 2. The molecule has 1 aromatic carbocycles. The maximum atomic E-state index is 12.2. The van der Waals surface area contributed by atoms with E-state index in [1.807, 2.05) is 26.0 Å². The van der Waals surface area contributed by atoms with Crippen molar-refractivity contribution < 1.29 is 14.7 Å². The van der Waals surface area contributed by atoms with Crippen molar-refractivity contribution in [2.45, 2.75) is 38.6 Å². The number of hydrogen-bond donors (Lipinski definition) is 2. The van der Waals surface area contributed by atoms with Gasteiger partial charge in [-0.05, 0) is 30.4 Å². The minimum absolute atomic E-state index is 0.181. The van der Waals surface area contributed by atoms with Crippen molar-refractivity contribution >= 4 is 12.0 Å². The van der Waals surface area contributed by atoms with Gasteiger partial charge in [0.05, 0.1) is 0 Å². The summed E-state index contributed by atoms with van der Waals surface area (Å²) >= 11 is 0. The van der Waals surface area contributed by atoms with Gasteiger partial charge < -0.3 is 15.3 Å². The number of nitrogens with one attached hydrogen (secondary N) is 1. The molecule has 5 heteroatoms. The van der Waals surface area contributed by atoms with Crippen molar-refractivity contribution in [2.24, 2.45) is 0 Å². The Kier molecular flexibility index (Phi) is 4.21. The van der Waals surface area contributed by atoms with E-state index in [0.717, 1.165) is 12.0 Å². The van der Waals surface area contributed by atoms with Gasteiger partial charge in [-0.2, -0.15) is 0 Å². The minimum atomic E-state index is -1.42. The molecule has 1 fully saturated rings. The van der Waals surface area contributed by atoms with E-state index >= 15 is 0 Å². The van der Waals surface area contributed by atoms with Gasteiger partial charge in [0, 0.05) is 13.1 Å². The van der Waals surface area contributed by atoms with Crippen LogP contribution in [0.3, 0.4) is 0 Å². The number of urea groups is 1. The van der Waals surface area contributed by atoms with Gasteiger partial charge in [-0.3, -0.25) is 0 Å². The van der Waals surface area contributed by atoms with Crippen molar-refractivity contribution in [3.63, 3.8) is 0 Å². The van der Waals surface area contributed by atoms with Crippen molar-refractivity contribution in [3.8, 4) is 0 Å². The Morgan fingerprint density at radius 2 is 1.90 bits per heavy atom. The highest BCUT2D eigenvalue weighted by Crippen LogP contribution is 2.30. The Balaban J connectivity index is 2.37. The molecule has 5 nitrogen and oxygen atoms in total. The van der Waals surface area contributed by atoms with Crippen LogP contribution < -0.4 is 5.32 Å². The second-order valence-electron chi connectivity index (χ2n) is 5.94. The van der Waals surface area contributed by atoms with Crippen molar-refractivity contribution in [3.05, 3.63) is 35.4 Å². The molecular weight excluding hydrogens is 268 g/mol. The monoisotopic (exact) mass is 290 g/mol. The number of aliphatic carboxylic acids is 1. The molecule has 0 aliphatic carbocycles. The van der Waals surface area contributed by atoms with Gasteiger partial charge in [0.1, 0.15) is 0 Å². The number of likely N-dealkylation sites (tertiary alicyclic amines) is 1. The fraction of sp³-hybridized carbons (Fsp3) is 0.500. The molecule has 1 aliphatic heterocycles. The molecule has 2 amide bonds. The fourth-order valence-corrected chi connectivity index (χ4v) is 2.50. The standard InChI is InChI=1S/C16H22N2O3/c1-11(2)12-7-4-5-8-13(12)16(3,14(19)20)17-15(21)18-9-6-10-18/h4-5,7-8,11H,6,9-10H2,1-3H3,(H,17,21)(H,19,20). The topological polar surface area (TPSA) is 69.6 Å². The van der Waals surface area contributed by atoms with Crippen LogP contribution in [0, 0.1) is 0 Å². The summed E-state index contributed by atoms with van der Waals surface area (Å²) in [6.45, 7) is 6.95. The van der Waals surface area contributed by atoms with Gasteiger partial charge in [0.25, 0.3) is 0 Å². The molecule has 0 saturated carbocycles. The minimum Gasteiger partial charge on any atom is -0.479 e. The third-order valence-electron chi connectivity index (χ3n) is 4.05. The first kappa shape index (κ1) is 15.4. The lowest BCUT2D eigenvalue weighted by atomic mass is 9.84. The van der Waals surface area contributed by atoms with E-state index in [1.54, 1.807) is 24.0 Å². The maximum Gasteiger partial charge on any atom is 0.333 e. The predicted molar refractivity (Wildman–Crippen MR) is 80.2 cm³/mol. The first-order valence-electron chi connectivity index (χ1n) is 7.26. The summed E-state index contributed by atoms with van der Waals surface area (Å²) in [6.07, 6.45) is 0.972. The van der Waals surface area contributed by atoms with E-state index in [0.29, 0.717) is 18.7 Å². The van der Waals surface area contributed by atoms with Crippen LogP contribution in [0.2, 0.25) is 0 Å².